The predicted molar refractivity (Wildman–Crippen MR) is 124 cm³/mol. The van der Waals surface area contributed by atoms with Gasteiger partial charge in [-0.25, -0.2) is 8.42 Å². The lowest BCUT2D eigenvalue weighted by atomic mass is 10.2. The first-order chi connectivity index (χ1) is 15.3. The minimum atomic E-state index is -3.92. The molecule has 1 fully saturated rings. The molecule has 1 aliphatic rings. The van der Waals surface area contributed by atoms with Gasteiger partial charge in [0.15, 0.2) is 0 Å². The molecule has 0 aromatic carbocycles. The van der Waals surface area contributed by atoms with Crippen LogP contribution in [0.15, 0.2) is 42.1 Å². The number of thiophene rings is 1. The number of likely N-dealkylation sites (tertiary alicyclic amines) is 1. The molecule has 0 bridgehead atoms. The van der Waals surface area contributed by atoms with Gasteiger partial charge in [-0.15, -0.1) is 11.3 Å². The van der Waals surface area contributed by atoms with Crippen LogP contribution in [0.3, 0.4) is 0 Å². The van der Waals surface area contributed by atoms with Gasteiger partial charge in [-0.2, -0.15) is 4.31 Å². The molecule has 1 N–H and O–H groups in total. The lowest BCUT2D eigenvalue weighted by Gasteiger charge is -2.26. The molecule has 1 saturated heterocycles. The topological polar surface area (TPSA) is 109 Å². The van der Waals surface area contributed by atoms with Gasteiger partial charge in [-0.05, 0) is 36.8 Å². The van der Waals surface area contributed by atoms with Crippen LogP contribution in [-0.4, -0.2) is 73.8 Å². The van der Waals surface area contributed by atoms with Crippen LogP contribution in [-0.2, 0) is 24.3 Å². The molecule has 3 heterocycles. The third kappa shape index (κ3) is 6.84. The third-order valence-corrected chi connectivity index (χ3v) is 7.58. The number of nitrogens with one attached hydrogen (secondary N) is 1. The third-order valence-electron chi connectivity index (χ3n) is 4.82. The van der Waals surface area contributed by atoms with E-state index < -0.39 is 28.6 Å². The number of pyridine rings is 1. The quantitative estimate of drug-likeness (QED) is 0.528. The largest absolute Gasteiger partial charge is 0.468 e. The summed E-state index contributed by atoms with van der Waals surface area (Å²) in [5.74, 6) is -0.872. The number of halogens is 1. The highest BCUT2D eigenvalue weighted by molar-refractivity contribution is 7.92. The summed E-state index contributed by atoms with van der Waals surface area (Å²) in [6.07, 6.45) is 5.09. The van der Waals surface area contributed by atoms with Crippen molar-refractivity contribution in [1.82, 2.24) is 14.2 Å². The molecule has 172 valence electrons. The maximum Gasteiger partial charge on any atom is 0.321 e. The van der Waals surface area contributed by atoms with E-state index in [0.29, 0.717) is 34.4 Å². The molecule has 3 rings (SSSR count). The van der Waals surface area contributed by atoms with Gasteiger partial charge in [0.05, 0.1) is 18.0 Å². The molecule has 0 saturated carbocycles. The van der Waals surface area contributed by atoms with E-state index in [4.69, 9.17) is 16.3 Å². The first-order valence-corrected chi connectivity index (χ1v) is 12.4. The maximum atomic E-state index is 13.0. The molecule has 2 aromatic heterocycles. The zero-order chi connectivity index (χ0) is 23.1. The van der Waals surface area contributed by atoms with Crippen molar-refractivity contribution in [2.45, 2.75) is 12.5 Å². The van der Waals surface area contributed by atoms with Crippen LogP contribution in [0.2, 0.25) is 4.34 Å². The van der Waals surface area contributed by atoms with E-state index in [1.54, 1.807) is 36.7 Å². The van der Waals surface area contributed by atoms with Crippen molar-refractivity contribution < 1.29 is 22.7 Å². The molecule has 0 spiro atoms. The zero-order valence-electron chi connectivity index (χ0n) is 17.3. The number of carbonyl (C=O) groups excluding carboxylic acids is 2. The summed E-state index contributed by atoms with van der Waals surface area (Å²) >= 11 is 7.14. The van der Waals surface area contributed by atoms with Crippen molar-refractivity contribution in [2.24, 2.45) is 0 Å². The first kappa shape index (κ1) is 24.3. The fourth-order valence-electron chi connectivity index (χ4n) is 3.30. The predicted octanol–water partition coefficient (Wildman–Crippen LogP) is 2.29. The van der Waals surface area contributed by atoms with Gasteiger partial charge in [-0.3, -0.25) is 19.5 Å². The Labute approximate surface area is 195 Å². The number of esters is 1. The molecular formula is C20H23ClN4O5S2. The van der Waals surface area contributed by atoms with Crippen LogP contribution in [0.1, 0.15) is 11.3 Å². The molecule has 1 unspecified atom stereocenters. The van der Waals surface area contributed by atoms with Crippen LogP contribution in [0.4, 0.5) is 5.69 Å². The Morgan fingerprint density at radius 1 is 1.34 bits per heavy atom. The highest BCUT2D eigenvalue weighted by atomic mass is 35.5. The monoisotopic (exact) mass is 498 g/mol. The van der Waals surface area contributed by atoms with Crippen molar-refractivity contribution in [3.63, 3.8) is 0 Å². The van der Waals surface area contributed by atoms with Gasteiger partial charge in [0.2, 0.25) is 15.9 Å². The number of rotatable bonds is 9. The molecule has 0 aliphatic carbocycles. The van der Waals surface area contributed by atoms with E-state index in [2.05, 4.69) is 10.3 Å². The second-order valence-electron chi connectivity index (χ2n) is 7.07. The van der Waals surface area contributed by atoms with Crippen LogP contribution in [0.25, 0.3) is 6.08 Å². The van der Waals surface area contributed by atoms with E-state index in [1.165, 1.54) is 24.5 Å². The Bertz CT molecular complexity index is 1070. The van der Waals surface area contributed by atoms with Gasteiger partial charge in [0.25, 0.3) is 0 Å². The number of anilines is 1. The number of carbonyl (C=O) groups is 2. The number of hydrogen-bond donors (Lipinski definition) is 1. The van der Waals surface area contributed by atoms with Crippen LogP contribution >= 0.6 is 22.9 Å². The second-order valence-corrected chi connectivity index (χ2v) is 10.6. The number of hydrogen-bond acceptors (Lipinski definition) is 8. The van der Waals surface area contributed by atoms with Crippen molar-refractivity contribution in [2.75, 3.05) is 38.6 Å². The Kier molecular flexibility index (Phi) is 8.38. The summed E-state index contributed by atoms with van der Waals surface area (Å²) in [4.78, 5) is 30.7. The molecule has 1 amide bonds. The van der Waals surface area contributed by atoms with E-state index in [1.807, 2.05) is 4.90 Å². The standard InChI is InChI=1S/C20H23ClN4O5S2/c1-30-20(27)14-25(32(28,29)11-7-17-2-3-18(21)31-17)16-6-10-24(12-16)13-19(26)23-15-4-8-22-9-5-15/h2-5,7-9,11,16H,6,10,12-14H2,1H3,(H,22,23,26). The summed E-state index contributed by atoms with van der Waals surface area (Å²) in [5.41, 5.74) is 0.634. The lowest BCUT2D eigenvalue weighted by Crippen LogP contribution is -2.44. The van der Waals surface area contributed by atoms with Crippen LogP contribution < -0.4 is 5.32 Å². The minimum absolute atomic E-state index is 0.106. The van der Waals surface area contributed by atoms with Crippen molar-refractivity contribution in [3.05, 3.63) is 51.3 Å². The average molecular weight is 499 g/mol. The second kappa shape index (κ2) is 11.0. The highest BCUT2D eigenvalue weighted by Crippen LogP contribution is 2.24. The van der Waals surface area contributed by atoms with Crippen molar-refractivity contribution >= 4 is 56.6 Å². The zero-order valence-corrected chi connectivity index (χ0v) is 19.7. The minimum Gasteiger partial charge on any atom is -0.468 e. The van der Waals surface area contributed by atoms with Gasteiger partial charge in [0.1, 0.15) is 6.54 Å². The molecule has 1 atom stereocenters. The summed E-state index contributed by atoms with van der Waals surface area (Å²) < 4.78 is 32.4. The fraction of sp³-hybridized carbons (Fsp3) is 0.350. The molecule has 1 aliphatic heterocycles. The van der Waals surface area contributed by atoms with Gasteiger partial charge < -0.3 is 10.1 Å². The van der Waals surface area contributed by atoms with Crippen LogP contribution in [0, 0.1) is 0 Å². The van der Waals surface area contributed by atoms with Gasteiger partial charge in [-0.1, -0.05) is 11.6 Å². The number of aromatic nitrogens is 1. The number of ether oxygens (including phenoxy) is 1. The van der Waals surface area contributed by atoms with Crippen molar-refractivity contribution in [1.29, 1.82) is 0 Å². The number of amides is 1. The average Bonchev–Trinajstić information content (AvgIpc) is 3.39. The van der Waals surface area contributed by atoms with E-state index in [-0.39, 0.29) is 12.5 Å². The van der Waals surface area contributed by atoms with E-state index in [0.717, 1.165) is 9.71 Å². The summed E-state index contributed by atoms with van der Waals surface area (Å²) in [5, 5.41) is 3.84. The molecule has 9 nitrogen and oxygen atoms in total. The molecule has 12 heteroatoms. The Balaban J connectivity index is 1.67. The summed E-state index contributed by atoms with van der Waals surface area (Å²) in [6, 6.07) is 6.29. The SMILES string of the molecule is COC(=O)CN(C1CCN(CC(=O)Nc2ccncc2)C1)S(=O)(=O)C=Cc1ccc(Cl)s1. The molecule has 0 radical (unpaired) electrons. The molecule has 2 aromatic rings. The Morgan fingerprint density at radius 3 is 2.75 bits per heavy atom. The first-order valence-electron chi connectivity index (χ1n) is 9.71. The lowest BCUT2D eigenvalue weighted by molar-refractivity contribution is -0.141. The van der Waals surface area contributed by atoms with Gasteiger partial charge in [0, 0.05) is 47.5 Å². The van der Waals surface area contributed by atoms with Crippen molar-refractivity contribution in [3.8, 4) is 0 Å². The van der Waals surface area contributed by atoms with Gasteiger partial charge >= 0.3 is 5.97 Å². The smallest absolute Gasteiger partial charge is 0.321 e. The van der Waals surface area contributed by atoms with E-state index in [9.17, 15) is 18.0 Å². The summed E-state index contributed by atoms with van der Waals surface area (Å²) in [7, 11) is -2.71. The number of nitrogens with zero attached hydrogens (tertiary/aromatic N) is 3. The normalized spacial score (nSPS) is 17.2. The highest BCUT2D eigenvalue weighted by Gasteiger charge is 2.36. The molecular weight excluding hydrogens is 476 g/mol. The summed E-state index contributed by atoms with van der Waals surface area (Å²) in [6.45, 7) is 0.537. The maximum absolute atomic E-state index is 13.0. The van der Waals surface area contributed by atoms with Crippen LogP contribution in [0.5, 0.6) is 0 Å². The Hall–Kier alpha value is -2.31. The number of sulfonamides is 1. The number of methoxy groups -OCH3 is 1. The van der Waals surface area contributed by atoms with E-state index >= 15 is 0 Å². The Morgan fingerprint density at radius 2 is 2.09 bits per heavy atom. The fourth-order valence-corrected chi connectivity index (χ4v) is 5.70. The molecule has 32 heavy (non-hydrogen) atoms.